The van der Waals surface area contributed by atoms with Gasteiger partial charge in [0.25, 0.3) is 0 Å². The van der Waals surface area contributed by atoms with Crippen LogP contribution in [-0.2, 0) is 9.47 Å². The van der Waals surface area contributed by atoms with E-state index in [2.05, 4.69) is 0 Å². The van der Waals surface area contributed by atoms with Crippen LogP contribution in [0.3, 0.4) is 0 Å². The highest BCUT2D eigenvalue weighted by Crippen LogP contribution is 2.37. The van der Waals surface area contributed by atoms with Gasteiger partial charge in [0.05, 0.1) is 11.1 Å². The molecule has 0 spiro atoms. The van der Waals surface area contributed by atoms with Crippen molar-refractivity contribution in [2.75, 3.05) is 0 Å². The summed E-state index contributed by atoms with van der Waals surface area (Å²) in [7, 11) is 0. The average Bonchev–Trinajstić information content (AvgIpc) is 2.66. The van der Waals surface area contributed by atoms with Crippen molar-refractivity contribution in [2.24, 2.45) is 5.41 Å². The molecule has 0 radical (unpaired) electrons. The van der Waals surface area contributed by atoms with Crippen LogP contribution in [0.15, 0.2) is 60.7 Å². The number of hydrogen-bond acceptors (Lipinski definition) is 4. The molecule has 0 fully saturated rings. The van der Waals surface area contributed by atoms with E-state index < -0.39 is 23.6 Å². The van der Waals surface area contributed by atoms with Gasteiger partial charge in [-0.2, -0.15) is 0 Å². The summed E-state index contributed by atoms with van der Waals surface area (Å²) >= 11 is 0. The molecule has 2 aromatic carbocycles. The first-order valence-corrected chi connectivity index (χ1v) is 9.22. The number of carbonyl (C=O) groups is 2. The molecule has 27 heavy (non-hydrogen) atoms. The highest BCUT2D eigenvalue weighted by Gasteiger charge is 2.45. The molecular weight excluding hydrogens is 340 g/mol. The van der Waals surface area contributed by atoms with Gasteiger partial charge < -0.3 is 9.47 Å². The highest BCUT2D eigenvalue weighted by molar-refractivity contribution is 5.90. The van der Waals surface area contributed by atoms with E-state index in [-0.39, 0.29) is 5.41 Å². The molecule has 2 aromatic rings. The number of carbonyl (C=O) groups excluding carboxylic acids is 2. The highest BCUT2D eigenvalue weighted by atomic mass is 16.6. The largest absolute Gasteiger partial charge is 0.454 e. The van der Waals surface area contributed by atoms with Crippen molar-refractivity contribution >= 4 is 11.9 Å². The Labute approximate surface area is 161 Å². The maximum Gasteiger partial charge on any atom is 0.338 e. The molecule has 1 unspecified atom stereocenters. The van der Waals surface area contributed by atoms with E-state index in [1.54, 1.807) is 62.4 Å². The normalized spacial score (nSPS) is 12.9. The minimum absolute atomic E-state index is 0.384. The van der Waals surface area contributed by atoms with E-state index in [1.165, 1.54) is 0 Å². The Morgan fingerprint density at radius 2 is 1.26 bits per heavy atom. The van der Waals surface area contributed by atoms with E-state index >= 15 is 0 Å². The minimum Gasteiger partial charge on any atom is -0.454 e. The molecule has 2 rings (SSSR count). The van der Waals surface area contributed by atoms with Crippen molar-refractivity contribution in [3.63, 3.8) is 0 Å². The van der Waals surface area contributed by atoms with Crippen molar-refractivity contribution in [3.8, 4) is 0 Å². The van der Waals surface area contributed by atoms with Gasteiger partial charge in [0.1, 0.15) is 11.7 Å². The molecule has 0 saturated carbocycles. The van der Waals surface area contributed by atoms with Crippen LogP contribution in [0.2, 0.25) is 0 Å². The van der Waals surface area contributed by atoms with Crippen LogP contribution in [-0.4, -0.2) is 23.6 Å². The summed E-state index contributed by atoms with van der Waals surface area (Å²) in [5, 5.41) is 0. The van der Waals surface area contributed by atoms with Crippen LogP contribution in [0, 0.1) is 5.41 Å². The first-order chi connectivity index (χ1) is 12.7. The SMILES string of the molecule is CCC(C)(C)C(OC(=O)c1ccccc1)C(C)(C)OC(=O)c1ccccc1. The zero-order valence-corrected chi connectivity index (χ0v) is 16.7. The lowest BCUT2D eigenvalue weighted by Gasteiger charge is -2.42. The molecule has 0 amide bonds. The number of benzene rings is 2. The molecule has 0 saturated heterocycles. The lowest BCUT2D eigenvalue weighted by molar-refractivity contribution is -0.120. The van der Waals surface area contributed by atoms with E-state index in [4.69, 9.17) is 9.47 Å². The van der Waals surface area contributed by atoms with Gasteiger partial charge >= 0.3 is 11.9 Å². The Kier molecular flexibility index (Phi) is 6.42. The van der Waals surface area contributed by atoms with Crippen LogP contribution in [0.25, 0.3) is 0 Å². The fraction of sp³-hybridized carbons (Fsp3) is 0.391. The van der Waals surface area contributed by atoms with Crippen LogP contribution < -0.4 is 0 Å². The molecular formula is C23H28O4. The average molecular weight is 368 g/mol. The number of esters is 2. The van der Waals surface area contributed by atoms with Crippen molar-refractivity contribution in [1.29, 1.82) is 0 Å². The Balaban J connectivity index is 2.26. The first-order valence-electron chi connectivity index (χ1n) is 9.22. The van der Waals surface area contributed by atoms with E-state index in [0.29, 0.717) is 11.1 Å². The second-order valence-corrected chi connectivity index (χ2v) is 7.85. The summed E-state index contributed by atoms with van der Waals surface area (Å²) in [6.45, 7) is 9.61. The van der Waals surface area contributed by atoms with Gasteiger partial charge in [-0.05, 0) is 44.5 Å². The van der Waals surface area contributed by atoms with E-state index in [9.17, 15) is 9.59 Å². The molecule has 0 bridgehead atoms. The molecule has 0 aliphatic carbocycles. The predicted molar refractivity (Wildman–Crippen MR) is 106 cm³/mol. The van der Waals surface area contributed by atoms with Crippen LogP contribution in [0.4, 0.5) is 0 Å². The first kappa shape index (κ1) is 20.7. The molecule has 0 heterocycles. The van der Waals surface area contributed by atoms with Gasteiger partial charge in [-0.1, -0.05) is 57.2 Å². The standard InChI is InChI=1S/C23H28O4/c1-6-22(2,3)21(26-19(24)17-13-9-7-10-14-17)23(4,5)27-20(25)18-15-11-8-12-16-18/h7-16,21H,6H2,1-5H3. The Hall–Kier alpha value is -2.62. The maximum atomic E-state index is 12.7. The Morgan fingerprint density at radius 1 is 0.815 bits per heavy atom. The number of ether oxygens (including phenoxy) is 2. The van der Waals surface area contributed by atoms with E-state index in [0.717, 1.165) is 6.42 Å². The van der Waals surface area contributed by atoms with Crippen LogP contribution in [0.1, 0.15) is 61.8 Å². The smallest absolute Gasteiger partial charge is 0.338 e. The van der Waals surface area contributed by atoms with Crippen molar-refractivity contribution in [1.82, 2.24) is 0 Å². The summed E-state index contributed by atoms with van der Waals surface area (Å²) in [6.07, 6.45) is 0.141. The maximum absolute atomic E-state index is 12.7. The number of hydrogen-bond donors (Lipinski definition) is 0. The Morgan fingerprint density at radius 3 is 1.70 bits per heavy atom. The lowest BCUT2D eigenvalue weighted by atomic mass is 9.76. The molecule has 4 heteroatoms. The quantitative estimate of drug-likeness (QED) is 0.624. The second-order valence-electron chi connectivity index (χ2n) is 7.85. The third kappa shape index (κ3) is 5.19. The summed E-state index contributed by atoms with van der Waals surface area (Å²) in [4.78, 5) is 25.2. The molecule has 1 atom stereocenters. The molecule has 0 N–H and O–H groups in total. The van der Waals surface area contributed by atoms with Crippen molar-refractivity contribution in [3.05, 3.63) is 71.8 Å². The van der Waals surface area contributed by atoms with Gasteiger partial charge in [-0.3, -0.25) is 0 Å². The summed E-state index contributed by atoms with van der Waals surface area (Å²) in [5.74, 6) is -0.862. The van der Waals surface area contributed by atoms with Gasteiger partial charge in [-0.25, -0.2) is 9.59 Å². The van der Waals surface area contributed by atoms with Crippen LogP contribution in [0.5, 0.6) is 0 Å². The molecule has 0 aliphatic rings. The van der Waals surface area contributed by atoms with Crippen LogP contribution >= 0.6 is 0 Å². The minimum atomic E-state index is -1.00. The zero-order chi connectivity index (χ0) is 20.1. The van der Waals surface area contributed by atoms with Crippen molar-refractivity contribution < 1.29 is 19.1 Å². The molecule has 0 aliphatic heterocycles. The van der Waals surface area contributed by atoms with Gasteiger partial charge in [0.2, 0.25) is 0 Å². The number of rotatable bonds is 7. The molecule has 4 nitrogen and oxygen atoms in total. The van der Waals surface area contributed by atoms with Crippen molar-refractivity contribution in [2.45, 2.75) is 52.7 Å². The van der Waals surface area contributed by atoms with E-state index in [1.807, 2.05) is 32.9 Å². The topological polar surface area (TPSA) is 52.6 Å². The monoisotopic (exact) mass is 368 g/mol. The summed E-state index contributed by atoms with van der Waals surface area (Å²) < 4.78 is 11.7. The summed E-state index contributed by atoms with van der Waals surface area (Å²) in [6, 6.07) is 17.7. The fourth-order valence-corrected chi connectivity index (χ4v) is 3.10. The summed E-state index contributed by atoms with van der Waals surface area (Å²) in [5.41, 5.74) is -0.450. The molecule has 0 aromatic heterocycles. The van der Waals surface area contributed by atoms with Gasteiger partial charge in [0, 0.05) is 5.41 Å². The predicted octanol–water partition coefficient (Wildman–Crippen LogP) is 5.28. The van der Waals surface area contributed by atoms with Gasteiger partial charge in [-0.15, -0.1) is 0 Å². The Bertz CT molecular complexity index is 763. The lowest BCUT2D eigenvalue weighted by Crippen LogP contribution is -2.51. The second kappa shape index (κ2) is 8.38. The van der Waals surface area contributed by atoms with Gasteiger partial charge in [0.15, 0.2) is 0 Å². The molecule has 144 valence electrons. The fourth-order valence-electron chi connectivity index (χ4n) is 3.10. The third-order valence-electron chi connectivity index (χ3n) is 4.85. The third-order valence-corrected chi connectivity index (χ3v) is 4.85. The zero-order valence-electron chi connectivity index (χ0n) is 16.7.